The first-order valence-electron chi connectivity index (χ1n) is 8.42. The maximum Gasteiger partial charge on any atom is 0.220 e. The largest absolute Gasteiger partial charge is 0.394 e. The second kappa shape index (κ2) is 10.9. The predicted octanol–water partition coefficient (Wildman–Crippen LogP) is 3.34. The molecule has 0 saturated heterocycles. The number of benzene rings is 2. The van der Waals surface area contributed by atoms with Gasteiger partial charge in [0, 0.05) is 23.6 Å². The molecule has 0 radical (unpaired) electrons. The van der Waals surface area contributed by atoms with Crippen molar-refractivity contribution < 1.29 is 14.6 Å². The highest BCUT2D eigenvalue weighted by Gasteiger charge is 2.13. The van der Waals surface area contributed by atoms with Gasteiger partial charge in [0.15, 0.2) is 0 Å². The first kappa shape index (κ1) is 19.5. The molecule has 134 valence electrons. The fraction of sp³-hybridized carbons (Fsp3) is 0.350. The van der Waals surface area contributed by atoms with Gasteiger partial charge in [0.2, 0.25) is 5.91 Å². The van der Waals surface area contributed by atoms with Crippen LogP contribution in [0.3, 0.4) is 0 Å². The molecule has 25 heavy (non-hydrogen) atoms. The topological polar surface area (TPSA) is 58.6 Å². The summed E-state index contributed by atoms with van der Waals surface area (Å²) in [5.41, 5.74) is 2.17. The molecule has 0 heterocycles. The molecule has 4 nitrogen and oxygen atoms in total. The van der Waals surface area contributed by atoms with E-state index < -0.39 is 0 Å². The van der Waals surface area contributed by atoms with Crippen LogP contribution in [0.2, 0.25) is 0 Å². The Labute approximate surface area is 153 Å². The average molecular weight is 359 g/mol. The van der Waals surface area contributed by atoms with Crippen LogP contribution < -0.4 is 5.32 Å². The van der Waals surface area contributed by atoms with Crippen molar-refractivity contribution in [1.82, 2.24) is 5.32 Å². The molecule has 0 saturated carbocycles. The lowest BCUT2D eigenvalue weighted by atomic mass is 10.1. The molecule has 0 bridgehead atoms. The minimum atomic E-state index is -0.251. The maximum absolute atomic E-state index is 12.1. The summed E-state index contributed by atoms with van der Waals surface area (Å²) >= 11 is 1.67. The Bertz CT molecular complexity index is 631. The molecule has 0 spiro atoms. The number of thioether (sulfide) groups is 1. The summed E-state index contributed by atoms with van der Waals surface area (Å²) in [4.78, 5) is 13.2. The van der Waals surface area contributed by atoms with E-state index >= 15 is 0 Å². The van der Waals surface area contributed by atoms with E-state index in [0.29, 0.717) is 13.0 Å². The summed E-state index contributed by atoms with van der Waals surface area (Å²) in [6, 6.07) is 18.1. The summed E-state index contributed by atoms with van der Waals surface area (Å²) in [5, 5.41) is 11.9. The van der Waals surface area contributed by atoms with Crippen molar-refractivity contribution >= 4 is 17.7 Å². The van der Waals surface area contributed by atoms with Gasteiger partial charge >= 0.3 is 0 Å². The molecule has 2 N–H and O–H groups in total. The van der Waals surface area contributed by atoms with Gasteiger partial charge in [-0.15, -0.1) is 11.8 Å². The third kappa shape index (κ3) is 7.30. The molecule has 0 aromatic heterocycles. The van der Waals surface area contributed by atoms with Crippen molar-refractivity contribution in [3.63, 3.8) is 0 Å². The van der Waals surface area contributed by atoms with E-state index in [1.807, 2.05) is 61.5 Å². The lowest BCUT2D eigenvalue weighted by Gasteiger charge is -2.19. The SMILES string of the molecule is Cc1ccc(C(CNC(=O)CCSc2ccccc2)OCCO)cc1. The molecule has 1 unspecified atom stereocenters. The Morgan fingerprint density at radius 1 is 1.16 bits per heavy atom. The Morgan fingerprint density at radius 2 is 1.88 bits per heavy atom. The zero-order valence-electron chi connectivity index (χ0n) is 14.5. The summed E-state index contributed by atoms with van der Waals surface area (Å²) < 4.78 is 5.67. The minimum Gasteiger partial charge on any atom is -0.394 e. The normalized spacial score (nSPS) is 11.9. The second-order valence-electron chi connectivity index (χ2n) is 5.71. The van der Waals surface area contributed by atoms with Crippen molar-refractivity contribution in [1.29, 1.82) is 0 Å². The highest BCUT2D eigenvalue weighted by Crippen LogP contribution is 2.19. The van der Waals surface area contributed by atoms with Crippen molar-refractivity contribution in [3.05, 3.63) is 65.7 Å². The lowest BCUT2D eigenvalue weighted by Crippen LogP contribution is -2.30. The lowest BCUT2D eigenvalue weighted by molar-refractivity contribution is -0.121. The van der Waals surface area contributed by atoms with E-state index in [2.05, 4.69) is 5.32 Å². The van der Waals surface area contributed by atoms with Crippen LogP contribution in [0.1, 0.15) is 23.7 Å². The number of carbonyl (C=O) groups excluding carboxylic acids is 1. The first-order valence-corrected chi connectivity index (χ1v) is 9.41. The van der Waals surface area contributed by atoms with Crippen LogP contribution in [0.15, 0.2) is 59.5 Å². The van der Waals surface area contributed by atoms with Crippen molar-refractivity contribution in [2.45, 2.75) is 24.3 Å². The van der Waals surface area contributed by atoms with Gasteiger partial charge in [0.25, 0.3) is 0 Å². The fourth-order valence-electron chi connectivity index (χ4n) is 2.32. The van der Waals surface area contributed by atoms with E-state index in [4.69, 9.17) is 9.84 Å². The van der Waals surface area contributed by atoms with E-state index in [-0.39, 0.29) is 25.2 Å². The van der Waals surface area contributed by atoms with E-state index in [1.165, 1.54) is 10.5 Å². The minimum absolute atomic E-state index is 0.00754. The zero-order valence-corrected chi connectivity index (χ0v) is 15.3. The fourth-order valence-corrected chi connectivity index (χ4v) is 3.20. The van der Waals surface area contributed by atoms with Gasteiger partial charge < -0.3 is 15.2 Å². The molecule has 0 fully saturated rings. The van der Waals surface area contributed by atoms with Gasteiger partial charge in [-0.2, -0.15) is 0 Å². The van der Waals surface area contributed by atoms with Gasteiger partial charge in [-0.3, -0.25) is 4.79 Å². The number of ether oxygens (including phenoxy) is 1. The summed E-state index contributed by atoms with van der Waals surface area (Å²) in [6.07, 6.45) is 0.207. The summed E-state index contributed by atoms with van der Waals surface area (Å²) in [6.45, 7) is 2.64. The van der Waals surface area contributed by atoms with Crippen molar-refractivity contribution in [3.8, 4) is 0 Å². The van der Waals surface area contributed by atoms with Crippen LogP contribution in [0.4, 0.5) is 0 Å². The number of amides is 1. The van der Waals surface area contributed by atoms with Crippen LogP contribution in [0.5, 0.6) is 0 Å². The van der Waals surface area contributed by atoms with Crippen LogP contribution in [0, 0.1) is 6.92 Å². The maximum atomic E-state index is 12.1. The number of hydrogen-bond donors (Lipinski definition) is 2. The van der Waals surface area contributed by atoms with Crippen molar-refractivity contribution in [2.24, 2.45) is 0 Å². The number of aryl methyl sites for hydroxylation is 1. The van der Waals surface area contributed by atoms with Gasteiger partial charge in [0.1, 0.15) is 0 Å². The molecule has 2 aromatic carbocycles. The highest BCUT2D eigenvalue weighted by molar-refractivity contribution is 7.99. The van der Waals surface area contributed by atoms with Crippen molar-refractivity contribution in [2.75, 3.05) is 25.5 Å². The van der Waals surface area contributed by atoms with Gasteiger partial charge in [-0.1, -0.05) is 48.0 Å². The predicted molar refractivity (Wildman–Crippen MR) is 102 cm³/mol. The molecule has 5 heteroatoms. The third-order valence-electron chi connectivity index (χ3n) is 3.69. The second-order valence-corrected chi connectivity index (χ2v) is 6.88. The molecule has 0 aliphatic carbocycles. The first-order chi connectivity index (χ1) is 12.2. The molecular formula is C20H25NO3S. The molecule has 1 atom stereocenters. The number of hydrogen-bond acceptors (Lipinski definition) is 4. The molecule has 0 aliphatic rings. The molecule has 1 amide bonds. The van der Waals surface area contributed by atoms with E-state index in [0.717, 1.165) is 11.3 Å². The summed E-state index contributed by atoms with van der Waals surface area (Å²) in [7, 11) is 0. The van der Waals surface area contributed by atoms with Crippen LogP contribution in [-0.4, -0.2) is 36.5 Å². The van der Waals surface area contributed by atoms with E-state index in [1.54, 1.807) is 11.8 Å². The van der Waals surface area contributed by atoms with Gasteiger partial charge in [0.05, 0.1) is 19.3 Å². The zero-order chi connectivity index (χ0) is 17.9. The smallest absolute Gasteiger partial charge is 0.220 e. The number of carbonyl (C=O) groups is 1. The Morgan fingerprint density at radius 3 is 2.56 bits per heavy atom. The van der Waals surface area contributed by atoms with Crippen LogP contribution >= 0.6 is 11.8 Å². The molecular weight excluding hydrogens is 334 g/mol. The van der Waals surface area contributed by atoms with Crippen LogP contribution in [0.25, 0.3) is 0 Å². The Balaban J connectivity index is 1.78. The van der Waals surface area contributed by atoms with Crippen LogP contribution in [-0.2, 0) is 9.53 Å². The molecule has 2 aromatic rings. The number of nitrogens with one attached hydrogen (secondary N) is 1. The highest BCUT2D eigenvalue weighted by atomic mass is 32.2. The van der Waals surface area contributed by atoms with Gasteiger partial charge in [-0.25, -0.2) is 0 Å². The third-order valence-corrected chi connectivity index (χ3v) is 4.70. The van der Waals surface area contributed by atoms with E-state index in [9.17, 15) is 4.79 Å². The van der Waals surface area contributed by atoms with Gasteiger partial charge in [-0.05, 0) is 24.6 Å². The number of aliphatic hydroxyl groups is 1. The Kier molecular flexibility index (Phi) is 8.52. The Hall–Kier alpha value is -1.82. The standard InChI is InChI=1S/C20H25NO3S/c1-16-7-9-17(10-8-16)19(24-13-12-22)15-21-20(23)11-14-25-18-5-3-2-4-6-18/h2-10,19,22H,11-15H2,1H3,(H,21,23). The summed E-state index contributed by atoms with van der Waals surface area (Å²) in [5.74, 6) is 0.746. The molecule has 0 aliphatic heterocycles. The monoisotopic (exact) mass is 359 g/mol. The average Bonchev–Trinajstić information content (AvgIpc) is 2.64. The number of aliphatic hydroxyl groups excluding tert-OH is 1. The molecule has 2 rings (SSSR count). The quantitative estimate of drug-likeness (QED) is 0.639. The number of rotatable bonds is 10.